The van der Waals surface area contributed by atoms with Crippen molar-refractivity contribution in [3.8, 4) is 0 Å². The van der Waals surface area contributed by atoms with E-state index in [4.69, 9.17) is 20.4 Å². The van der Waals surface area contributed by atoms with Crippen LogP contribution in [0.3, 0.4) is 0 Å². The Bertz CT molecular complexity index is 1330. The molecular weight excluding hydrogens is 482 g/mol. The molecule has 2 N–H and O–H groups in total. The number of piperidine rings is 1. The van der Waals surface area contributed by atoms with Crippen molar-refractivity contribution in [1.82, 2.24) is 15.0 Å². The number of aromatic nitrogens is 3. The van der Waals surface area contributed by atoms with E-state index in [1.165, 1.54) is 35.7 Å². The Labute approximate surface area is 222 Å². The van der Waals surface area contributed by atoms with Crippen LogP contribution in [0.5, 0.6) is 0 Å². The lowest BCUT2D eigenvalue weighted by Crippen LogP contribution is -2.45. The molecule has 192 valence electrons. The first-order valence-corrected chi connectivity index (χ1v) is 14.1. The van der Waals surface area contributed by atoms with Gasteiger partial charge in [-0.1, -0.05) is 36.0 Å². The number of hydrogen-bond donors (Lipinski definition) is 1. The molecule has 1 saturated carbocycles. The van der Waals surface area contributed by atoms with Crippen LogP contribution in [-0.4, -0.2) is 40.6 Å². The number of nitrogens with two attached hydrogens (primary N) is 1. The maximum absolute atomic E-state index is 13.0. The minimum Gasteiger partial charge on any atom is -0.461 e. The Hall–Kier alpha value is -2.97. The highest BCUT2D eigenvalue weighted by Gasteiger charge is 2.46. The number of rotatable bonds is 6. The van der Waals surface area contributed by atoms with Crippen molar-refractivity contribution >= 4 is 23.5 Å². The van der Waals surface area contributed by atoms with Gasteiger partial charge in [-0.25, -0.2) is 14.8 Å². The summed E-state index contributed by atoms with van der Waals surface area (Å²) in [6.07, 6.45) is 7.17. The number of benzene rings is 1. The summed E-state index contributed by atoms with van der Waals surface area (Å²) >= 11 is 1.53. The molecule has 1 aromatic carbocycles. The Balaban J connectivity index is 1.26. The van der Waals surface area contributed by atoms with Crippen LogP contribution in [0.4, 0.5) is 5.82 Å². The van der Waals surface area contributed by atoms with Crippen molar-refractivity contribution in [2.45, 2.75) is 67.8 Å². The lowest BCUT2D eigenvalue weighted by Gasteiger charge is -2.42. The smallest absolute Gasteiger partial charge is 0.360 e. The zero-order valence-corrected chi connectivity index (χ0v) is 22.3. The fourth-order valence-electron chi connectivity index (χ4n) is 5.82. The van der Waals surface area contributed by atoms with E-state index < -0.39 is 5.97 Å². The number of nitrogens with zero attached hydrogens (tertiary/aromatic N) is 4. The summed E-state index contributed by atoms with van der Waals surface area (Å²) in [5.41, 5.74) is 11.7. The minimum absolute atomic E-state index is 0.0443. The van der Waals surface area contributed by atoms with E-state index in [-0.39, 0.29) is 11.5 Å². The highest BCUT2D eigenvalue weighted by Crippen LogP contribution is 2.51. The molecule has 1 aliphatic heterocycles. The van der Waals surface area contributed by atoms with Crippen molar-refractivity contribution < 1.29 is 9.53 Å². The Morgan fingerprint density at radius 3 is 2.70 bits per heavy atom. The maximum Gasteiger partial charge on any atom is 0.360 e. The summed E-state index contributed by atoms with van der Waals surface area (Å²) in [5.74, 6) is 0.770. The Morgan fingerprint density at radius 1 is 1.19 bits per heavy atom. The van der Waals surface area contributed by atoms with Crippen molar-refractivity contribution in [3.05, 3.63) is 70.8 Å². The van der Waals surface area contributed by atoms with Gasteiger partial charge in [0.15, 0.2) is 11.5 Å². The van der Waals surface area contributed by atoms with Crippen molar-refractivity contribution in [1.29, 1.82) is 0 Å². The number of ether oxygens (including phenoxy) is 1. The van der Waals surface area contributed by atoms with Crippen LogP contribution in [0.1, 0.15) is 77.6 Å². The number of hydrogen-bond acceptors (Lipinski definition) is 8. The molecule has 37 heavy (non-hydrogen) atoms. The highest BCUT2D eigenvalue weighted by molar-refractivity contribution is 7.99. The topological polar surface area (TPSA) is 94.2 Å². The molecule has 1 saturated heterocycles. The monoisotopic (exact) mass is 515 g/mol. The molecule has 3 aliphatic rings. The van der Waals surface area contributed by atoms with Crippen LogP contribution in [0.15, 0.2) is 52.5 Å². The molecular formula is C29H33N5O2S. The SMILES string of the molecule is CCOC(=O)c1nc(Sc2ccnc(C3CC3)c2)c(C)nc1N1CCC2(CC1)Cc1ccccc1[C@H]2N. The van der Waals surface area contributed by atoms with Crippen LogP contribution in [0, 0.1) is 12.3 Å². The predicted molar refractivity (Wildman–Crippen MR) is 144 cm³/mol. The molecule has 0 bridgehead atoms. The zero-order valence-electron chi connectivity index (χ0n) is 21.4. The van der Waals surface area contributed by atoms with Crippen molar-refractivity contribution in [3.63, 3.8) is 0 Å². The standard InChI is InChI=1S/C29H33N5O2S/c1-3-36-28(35)24-26(32-18(2)27(33-24)37-21-10-13-31-23(16-21)19-8-9-19)34-14-11-29(12-15-34)17-20-6-4-5-7-22(20)25(29)30/h4-7,10,13,16,19,25H,3,8-9,11-12,14-15,17,30H2,1-2H3/t25-/m1/s1. The van der Waals surface area contributed by atoms with Gasteiger partial charge < -0.3 is 15.4 Å². The molecule has 1 atom stereocenters. The van der Waals surface area contributed by atoms with Gasteiger partial charge in [0.25, 0.3) is 0 Å². The van der Waals surface area contributed by atoms with Gasteiger partial charge in [-0.05, 0) is 74.6 Å². The fraction of sp³-hybridized carbons (Fsp3) is 0.448. The molecule has 0 unspecified atom stereocenters. The summed E-state index contributed by atoms with van der Waals surface area (Å²) in [4.78, 5) is 30.6. The number of carbonyl (C=O) groups excluding carboxylic acids is 1. The van der Waals surface area contributed by atoms with Gasteiger partial charge in [0.05, 0.1) is 12.3 Å². The first-order chi connectivity index (χ1) is 18.0. The second kappa shape index (κ2) is 9.72. The van der Waals surface area contributed by atoms with Crippen LogP contribution in [0.25, 0.3) is 0 Å². The van der Waals surface area contributed by atoms with Crippen molar-refractivity contribution in [2.75, 3.05) is 24.6 Å². The van der Waals surface area contributed by atoms with E-state index >= 15 is 0 Å². The molecule has 8 heteroatoms. The van der Waals surface area contributed by atoms with Crippen LogP contribution >= 0.6 is 11.8 Å². The summed E-state index contributed by atoms with van der Waals surface area (Å²) < 4.78 is 5.41. The third-order valence-electron chi connectivity index (χ3n) is 8.09. The molecule has 6 rings (SSSR count). The van der Waals surface area contributed by atoms with E-state index in [2.05, 4.69) is 40.2 Å². The molecule has 7 nitrogen and oxygen atoms in total. The molecule has 0 radical (unpaired) electrons. The molecule has 2 aromatic heterocycles. The Kier molecular flexibility index (Phi) is 6.41. The van der Waals surface area contributed by atoms with Gasteiger partial charge in [0.1, 0.15) is 5.03 Å². The second-order valence-electron chi connectivity index (χ2n) is 10.5. The first kappa shape index (κ1) is 24.4. The average Bonchev–Trinajstić information content (AvgIpc) is 3.72. The summed E-state index contributed by atoms with van der Waals surface area (Å²) in [6, 6.07) is 12.7. The van der Waals surface area contributed by atoms with Gasteiger partial charge in [0, 0.05) is 41.8 Å². The molecule has 2 aliphatic carbocycles. The van der Waals surface area contributed by atoms with Gasteiger partial charge in [0.2, 0.25) is 0 Å². The maximum atomic E-state index is 13.0. The summed E-state index contributed by atoms with van der Waals surface area (Å²) in [5, 5.41) is 0.724. The third kappa shape index (κ3) is 4.61. The average molecular weight is 516 g/mol. The van der Waals surface area contributed by atoms with Gasteiger partial charge in [-0.15, -0.1) is 0 Å². The van der Waals surface area contributed by atoms with E-state index in [1.807, 2.05) is 26.1 Å². The number of pyridine rings is 1. The van der Waals surface area contributed by atoms with Crippen LogP contribution < -0.4 is 10.6 Å². The molecule has 3 aromatic rings. The number of carbonyl (C=O) groups is 1. The summed E-state index contributed by atoms with van der Waals surface area (Å²) in [7, 11) is 0. The molecule has 2 fully saturated rings. The summed E-state index contributed by atoms with van der Waals surface area (Å²) in [6.45, 7) is 5.63. The minimum atomic E-state index is -0.425. The normalized spacial score (nSPS) is 20.2. The van der Waals surface area contributed by atoms with Gasteiger partial charge >= 0.3 is 5.97 Å². The zero-order chi connectivity index (χ0) is 25.6. The molecule has 3 heterocycles. The largest absolute Gasteiger partial charge is 0.461 e. The van der Waals surface area contributed by atoms with E-state index in [9.17, 15) is 4.79 Å². The predicted octanol–water partition coefficient (Wildman–Crippen LogP) is 5.23. The number of aryl methyl sites for hydroxylation is 1. The Morgan fingerprint density at radius 2 is 1.97 bits per heavy atom. The van der Waals surface area contributed by atoms with E-state index in [0.717, 1.165) is 53.7 Å². The van der Waals surface area contributed by atoms with Crippen LogP contribution in [0.2, 0.25) is 0 Å². The lowest BCUT2D eigenvalue weighted by molar-refractivity contribution is 0.0518. The number of fused-ring (bicyclic) bond motifs is 1. The van der Waals surface area contributed by atoms with E-state index in [0.29, 0.717) is 24.0 Å². The van der Waals surface area contributed by atoms with Gasteiger partial charge in [-0.2, -0.15) is 0 Å². The molecule has 0 amide bonds. The number of anilines is 1. The van der Waals surface area contributed by atoms with E-state index in [1.54, 1.807) is 0 Å². The fourth-order valence-corrected chi connectivity index (χ4v) is 6.68. The highest BCUT2D eigenvalue weighted by atomic mass is 32.2. The van der Waals surface area contributed by atoms with Gasteiger partial charge in [-0.3, -0.25) is 4.98 Å². The quantitative estimate of drug-likeness (QED) is 0.446. The van der Waals surface area contributed by atoms with Crippen LogP contribution in [-0.2, 0) is 11.2 Å². The third-order valence-corrected chi connectivity index (χ3v) is 9.16. The number of esters is 1. The first-order valence-electron chi connectivity index (χ1n) is 13.3. The molecule has 1 spiro atoms. The van der Waals surface area contributed by atoms with Crippen molar-refractivity contribution in [2.24, 2.45) is 11.1 Å². The second-order valence-corrected chi connectivity index (χ2v) is 11.6. The lowest BCUT2D eigenvalue weighted by atomic mass is 9.73.